The standard InChI is InChI=1S/C13H11F2N/c14-11-4-1-9(2-5-11)7-10-3-6-12(15)8-13(10)16/h1-6,8H,7,16H2. The molecular weight excluding hydrogens is 208 g/mol. The van der Waals surface area contributed by atoms with Crippen molar-refractivity contribution in [3.8, 4) is 0 Å². The molecule has 0 bridgehead atoms. The van der Waals surface area contributed by atoms with Crippen molar-refractivity contribution in [2.75, 3.05) is 5.73 Å². The lowest BCUT2D eigenvalue weighted by molar-refractivity contribution is 0.627. The number of anilines is 1. The van der Waals surface area contributed by atoms with Crippen LogP contribution >= 0.6 is 0 Å². The van der Waals surface area contributed by atoms with Crippen LogP contribution in [0.15, 0.2) is 42.5 Å². The topological polar surface area (TPSA) is 26.0 Å². The molecule has 1 nitrogen and oxygen atoms in total. The molecule has 3 heteroatoms. The van der Waals surface area contributed by atoms with Crippen LogP contribution in [0.5, 0.6) is 0 Å². The van der Waals surface area contributed by atoms with Crippen molar-refractivity contribution in [1.82, 2.24) is 0 Å². The van der Waals surface area contributed by atoms with Gasteiger partial charge in [-0.3, -0.25) is 0 Å². The van der Waals surface area contributed by atoms with Crippen LogP contribution in [-0.2, 0) is 6.42 Å². The van der Waals surface area contributed by atoms with Gasteiger partial charge in [-0.25, -0.2) is 8.78 Å². The number of benzene rings is 2. The second kappa shape index (κ2) is 4.31. The highest BCUT2D eigenvalue weighted by molar-refractivity contribution is 5.48. The molecule has 0 fully saturated rings. The Balaban J connectivity index is 2.23. The van der Waals surface area contributed by atoms with Crippen molar-refractivity contribution in [3.63, 3.8) is 0 Å². The first kappa shape index (κ1) is 10.6. The summed E-state index contributed by atoms with van der Waals surface area (Å²) in [5.41, 5.74) is 7.89. The van der Waals surface area contributed by atoms with Crippen LogP contribution in [0.4, 0.5) is 14.5 Å². The molecule has 2 rings (SSSR count). The quantitative estimate of drug-likeness (QED) is 0.771. The van der Waals surface area contributed by atoms with Crippen LogP contribution in [0.3, 0.4) is 0 Å². The van der Waals surface area contributed by atoms with E-state index in [9.17, 15) is 8.78 Å². The third kappa shape index (κ3) is 2.37. The SMILES string of the molecule is Nc1cc(F)ccc1Cc1ccc(F)cc1. The highest BCUT2D eigenvalue weighted by atomic mass is 19.1. The Morgan fingerprint density at radius 3 is 2.12 bits per heavy atom. The summed E-state index contributed by atoms with van der Waals surface area (Å²) in [7, 11) is 0. The average Bonchev–Trinajstić information content (AvgIpc) is 2.25. The first-order valence-electron chi connectivity index (χ1n) is 4.93. The predicted molar refractivity (Wildman–Crippen MR) is 60.0 cm³/mol. The third-order valence-corrected chi connectivity index (χ3v) is 2.42. The third-order valence-electron chi connectivity index (χ3n) is 2.42. The Morgan fingerprint density at radius 2 is 1.50 bits per heavy atom. The zero-order chi connectivity index (χ0) is 11.5. The highest BCUT2D eigenvalue weighted by Gasteiger charge is 2.02. The normalized spacial score (nSPS) is 10.4. The van der Waals surface area contributed by atoms with Gasteiger partial charge >= 0.3 is 0 Å². The first-order chi connectivity index (χ1) is 7.65. The molecule has 2 aromatic rings. The minimum Gasteiger partial charge on any atom is -0.398 e. The van der Waals surface area contributed by atoms with Crippen molar-refractivity contribution >= 4 is 5.69 Å². The zero-order valence-electron chi connectivity index (χ0n) is 8.58. The molecule has 0 saturated heterocycles. The van der Waals surface area contributed by atoms with Gasteiger partial charge in [0, 0.05) is 5.69 Å². The van der Waals surface area contributed by atoms with Gasteiger partial charge in [0.1, 0.15) is 11.6 Å². The lowest BCUT2D eigenvalue weighted by atomic mass is 10.0. The molecule has 0 amide bonds. The fraction of sp³-hybridized carbons (Fsp3) is 0.0769. The summed E-state index contributed by atoms with van der Waals surface area (Å²) >= 11 is 0. The highest BCUT2D eigenvalue weighted by Crippen LogP contribution is 2.17. The van der Waals surface area contributed by atoms with Crippen molar-refractivity contribution < 1.29 is 8.78 Å². The van der Waals surface area contributed by atoms with E-state index in [1.54, 1.807) is 18.2 Å². The fourth-order valence-electron chi connectivity index (χ4n) is 1.55. The van der Waals surface area contributed by atoms with E-state index in [0.717, 1.165) is 11.1 Å². The van der Waals surface area contributed by atoms with Crippen molar-refractivity contribution in [2.45, 2.75) is 6.42 Å². The molecule has 0 saturated carbocycles. The average molecular weight is 219 g/mol. The largest absolute Gasteiger partial charge is 0.398 e. The van der Waals surface area contributed by atoms with Crippen LogP contribution in [0, 0.1) is 11.6 Å². The van der Waals surface area contributed by atoms with Crippen molar-refractivity contribution in [3.05, 3.63) is 65.2 Å². The molecular formula is C13H11F2N. The molecule has 82 valence electrons. The summed E-state index contributed by atoms with van der Waals surface area (Å²) in [5.74, 6) is -0.615. The minimum absolute atomic E-state index is 0.268. The van der Waals surface area contributed by atoms with E-state index < -0.39 is 0 Å². The second-order valence-electron chi connectivity index (χ2n) is 3.65. The van der Waals surface area contributed by atoms with Crippen LogP contribution in [0.2, 0.25) is 0 Å². The molecule has 0 aliphatic carbocycles. The summed E-state index contributed by atoms with van der Waals surface area (Å²) in [6, 6.07) is 10.5. The first-order valence-corrected chi connectivity index (χ1v) is 4.93. The van der Waals surface area contributed by atoms with E-state index in [1.165, 1.54) is 24.3 Å². The molecule has 0 aromatic heterocycles. The van der Waals surface area contributed by atoms with Gasteiger partial charge in [0.2, 0.25) is 0 Å². The molecule has 0 radical (unpaired) electrons. The molecule has 2 N–H and O–H groups in total. The van der Waals surface area contributed by atoms with Gasteiger partial charge in [0.15, 0.2) is 0 Å². The molecule has 16 heavy (non-hydrogen) atoms. The monoisotopic (exact) mass is 219 g/mol. The van der Waals surface area contributed by atoms with Gasteiger partial charge < -0.3 is 5.73 Å². The van der Waals surface area contributed by atoms with Crippen LogP contribution in [0.1, 0.15) is 11.1 Å². The van der Waals surface area contributed by atoms with E-state index in [0.29, 0.717) is 12.1 Å². The molecule has 0 spiro atoms. The van der Waals surface area contributed by atoms with Crippen molar-refractivity contribution in [1.29, 1.82) is 0 Å². The predicted octanol–water partition coefficient (Wildman–Crippen LogP) is 3.14. The Kier molecular flexibility index (Phi) is 2.86. The Morgan fingerprint density at radius 1 is 0.875 bits per heavy atom. The lowest BCUT2D eigenvalue weighted by Gasteiger charge is -2.05. The Bertz CT molecular complexity index is 492. The number of hydrogen-bond donors (Lipinski definition) is 1. The van der Waals surface area contributed by atoms with Crippen LogP contribution < -0.4 is 5.73 Å². The number of nitrogen functional groups attached to an aromatic ring is 1. The molecule has 0 aliphatic rings. The van der Waals surface area contributed by atoms with Gasteiger partial charge in [0.25, 0.3) is 0 Å². The summed E-state index contributed by atoms with van der Waals surface area (Å²) in [6.07, 6.45) is 0.576. The molecule has 2 aromatic carbocycles. The van der Waals surface area contributed by atoms with Gasteiger partial charge in [-0.15, -0.1) is 0 Å². The van der Waals surface area contributed by atoms with Crippen LogP contribution in [0.25, 0.3) is 0 Å². The smallest absolute Gasteiger partial charge is 0.125 e. The Hall–Kier alpha value is -1.90. The zero-order valence-corrected chi connectivity index (χ0v) is 8.58. The van der Waals surface area contributed by atoms with Gasteiger partial charge in [0.05, 0.1) is 0 Å². The second-order valence-corrected chi connectivity index (χ2v) is 3.65. The number of hydrogen-bond acceptors (Lipinski definition) is 1. The maximum Gasteiger partial charge on any atom is 0.125 e. The van der Waals surface area contributed by atoms with Crippen LogP contribution in [-0.4, -0.2) is 0 Å². The van der Waals surface area contributed by atoms with Gasteiger partial charge in [-0.1, -0.05) is 18.2 Å². The summed E-state index contributed by atoms with van der Waals surface area (Å²) in [5, 5.41) is 0. The summed E-state index contributed by atoms with van der Waals surface area (Å²) < 4.78 is 25.5. The minimum atomic E-state index is -0.347. The number of halogens is 2. The van der Waals surface area contributed by atoms with Gasteiger partial charge in [-0.05, 0) is 41.8 Å². The fourth-order valence-corrected chi connectivity index (χ4v) is 1.55. The number of rotatable bonds is 2. The lowest BCUT2D eigenvalue weighted by Crippen LogP contribution is -1.96. The molecule has 0 atom stereocenters. The van der Waals surface area contributed by atoms with E-state index in [2.05, 4.69) is 0 Å². The Labute approximate surface area is 92.5 Å². The van der Waals surface area contributed by atoms with Gasteiger partial charge in [-0.2, -0.15) is 0 Å². The summed E-state index contributed by atoms with van der Waals surface area (Å²) in [6.45, 7) is 0. The summed E-state index contributed by atoms with van der Waals surface area (Å²) in [4.78, 5) is 0. The van der Waals surface area contributed by atoms with E-state index in [4.69, 9.17) is 5.73 Å². The van der Waals surface area contributed by atoms with E-state index in [-0.39, 0.29) is 11.6 Å². The van der Waals surface area contributed by atoms with E-state index >= 15 is 0 Å². The van der Waals surface area contributed by atoms with E-state index in [1.807, 2.05) is 0 Å². The maximum absolute atomic E-state index is 12.8. The molecule has 0 heterocycles. The maximum atomic E-state index is 12.8. The van der Waals surface area contributed by atoms with Crippen molar-refractivity contribution in [2.24, 2.45) is 0 Å². The molecule has 0 unspecified atom stereocenters. The molecule has 0 aliphatic heterocycles. The number of nitrogens with two attached hydrogens (primary N) is 1.